The fourth-order valence-electron chi connectivity index (χ4n) is 2.04. The van der Waals surface area contributed by atoms with Crippen LogP contribution in [0, 0.1) is 5.82 Å². The van der Waals surface area contributed by atoms with E-state index < -0.39 is 0 Å². The monoisotopic (exact) mass is 284 g/mol. The van der Waals surface area contributed by atoms with Crippen LogP contribution in [0.3, 0.4) is 0 Å². The summed E-state index contributed by atoms with van der Waals surface area (Å²) < 4.78 is 14.3. The van der Waals surface area contributed by atoms with Gasteiger partial charge >= 0.3 is 0 Å². The van der Waals surface area contributed by atoms with Crippen LogP contribution in [-0.2, 0) is 9.59 Å². The van der Waals surface area contributed by atoms with Gasteiger partial charge < -0.3 is 0 Å². The highest BCUT2D eigenvalue weighted by molar-refractivity contribution is 9.10. The molecule has 4 heteroatoms. The molecule has 16 heavy (non-hydrogen) atoms. The molecule has 0 atom stereocenters. The molecule has 1 aliphatic carbocycles. The van der Waals surface area contributed by atoms with Gasteiger partial charge in [-0.2, -0.15) is 0 Å². The lowest BCUT2D eigenvalue weighted by atomic mass is 9.82. The number of ketones is 2. The quantitative estimate of drug-likeness (QED) is 0.743. The number of benzene rings is 1. The molecule has 2 nitrogen and oxygen atoms in total. The molecular formula is C12H10BrFO2. The van der Waals surface area contributed by atoms with Gasteiger partial charge in [0.15, 0.2) is 0 Å². The van der Waals surface area contributed by atoms with Crippen LogP contribution < -0.4 is 0 Å². The van der Waals surface area contributed by atoms with Crippen molar-refractivity contribution >= 4 is 27.5 Å². The maximum atomic E-state index is 13.6. The number of Topliss-reactive ketones (excluding diaryl/α,β-unsaturated/α-hetero) is 2. The SMILES string of the molecule is O=C1CC(=O)CC(c2ccc(Br)cc2F)C1. The molecule has 0 aliphatic heterocycles. The molecule has 0 N–H and O–H groups in total. The first-order chi connectivity index (χ1) is 7.56. The Hall–Kier alpha value is -1.03. The largest absolute Gasteiger partial charge is 0.299 e. The van der Waals surface area contributed by atoms with Crippen LogP contribution in [-0.4, -0.2) is 11.6 Å². The Bertz CT molecular complexity index is 440. The maximum absolute atomic E-state index is 13.6. The third-order valence-corrected chi connectivity index (χ3v) is 3.24. The summed E-state index contributed by atoms with van der Waals surface area (Å²) in [5, 5.41) is 0. The molecule has 0 heterocycles. The smallest absolute Gasteiger partial charge is 0.140 e. The number of hydrogen-bond acceptors (Lipinski definition) is 2. The molecule has 0 radical (unpaired) electrons. The average molecular weight is 285 g/mol. The molecule has 1 aromatic rings. The van der Waals surface area contributed by atoms with Crippen LogP contribution in [0.25, 0.3) is 0 Å². The summed E-state index contributed by atoms with van der Waals surface area (Å²) in [6.45, 7) is 0. The van der Waals surface area contributed by atoms with Crippen molar-refractivity contribution in [3.63, 3.8) is 0 Å². The number of carbonyl (C=O) groups excluding carboxylic acids is 2. The van der Waals surface area contributed by atoms with Gasteiger partial charge in [-0.3, -0.25) is 9.59 Å². The summed E-state index contributed by atoms with van der Waals surface area (Å²) in [7, 11) is 0. The molecule has 2 rings (SSSR count). The van der Waals surface area contributed by atoms with E-state index in [9.17, 15) is 14.0 Å². The summed E-state index contributed by atoms with van der Waals surface area (Å²) in [6.07, 6.45) is 0.545. The predicted octanol–water partition coefficient (Wildman–Crippen LogP) is 2.99. The molecular weight excluding hydrogens is 275 g/mol. The van der Waals surface area contributed by atoms with Crippen molar-refractivity contribution in [1.29, 1.82) is 0 Å². The van der Waals surface area contributed by atoms with Crippen LogP contribution in [0.1, 0.15) is 30.7 Å². The summed E-state index contributed by atoms with van der Waals surface area (Å²) in [4.78, 5) is 22.6. The fraction of sp³-hybridized carbons (Fsp3) is 0.333. The van der Waals surface area contributed by atoms with Gasteiger partial charge in [-0.05, 0) is 17.7 Å². The summed E-state index contributed by atoms with van der Waals surface area (Å²) in [5.41, 5.74) is 0.463. The van der Waals surface area contributed by atoms with Crippen molar-refractivity contribution in [3.05, 3.63) is 34.1 Å². The Morgan fingerprint density at radius 3 is 2.38 bits per heavy atom. The Morgan fingerprint density at radius 2 is 1.81 bits per heavy atom. The van der Waals surface area contributed by atoms with Gasteiger partial charge in [0.25, 0.3) is 0 Å². The van der Waals surface area contributed by atoms with Crippen molar-refractivity contribution in [2.75, 3.05) is 0 Å². The minimum Gasteiger partial charge on any atom is -0.299 e. The van der Waals surface area contributed by atoms with E-state index in [1.165, 1.54) is 6.07 Å². The van der Waals surface area contributed by atoms with Crippen LogP contribution in [0.15, 0.2) is 22.7 Å². The standard InChI is InChI=1S/C12H10BrFO2/c13-8-1-2-11(12(14)5-8)7-3-9(15)6-10(16)4-7/h1-2,5,7H,3-4,6H2. The normalized spacial score (nSPS) is 17.9. The summed E-state index contributed by atoms with van der Waals surface area (Å²) in [6, 6.07) is 4.72. The molecule has 0 amide bonds. The Balaban J connectivity index is 2.29. The number of hydrogen-bond donors (Lipinski definition) is 0. The van der Waals surface area contributed by atoms with Crippen molar-refractivity contribution in [3.8, 4) is 0 Å². The van der Waals surface area contributed by atoms with Crippen molar-refractivity contribution < 1.29 is 14.0 Å². The van der Waals surface area contributed by atoms with Gasteiger partial charge in [0, 0.05) is 23.2 Å². The van der Waals surface area contributed by atoms with E-state index in [-0.39, 0.29) is 42.6 Å². The Kier molecular flexibility index (Phi) is 3.19. The molecule has 0 spiro atoms. The zero-order chi connectivity index (χ0) is 11.7. The van der Waals surface area contributed by atoms with E-state index in [1.807, 2.05) is 0 Å². The molecule has 0 aromatic heterocycles. The van der Waals surface area contributed by atoms with E-state index in [1.54, 1.807) is 12.1 Å². The lowest BCUT2D eigenvalue weighted by Crippen LogP contribution is -2.21. The fourth-order valence-corrected chi connectivity index (χ4v) is 2.37. The van der Waals surface area contributed by atoms with Crippen molar-refractivity contribution in [2.24, 2.45) is 0 Å². The first-order valence-corrected chi connectivity index (χ1v) is 5.84. The molecule has 0 saturated heterocycles. The average Bonchev–Trinajstić information content (AvgIpc) is 2.15. The van der Waals surface area contributed by atoms with Crippen LogP contribution in [0.5, 0.6) is 0 Å². The highest BCUT2D eigenvalue weighted by Gasteiger charge is 2.28. The van der Waals surface area contributed by atoms with Crippen molar-refractivity contribution in [2.45, 2.75) is 25.2 Å². The van der Waals surface area contributed by atoms with E-state index in [0.717, 1.165) is 0 Å². The second-order valence-corrected chi connectivity index (χ2v) is 4.94. The highest BCUT2D eigenvalue weighted by Crippen LogP contribution is 2.31. The van der Waals surface area contributed by atoms with Gasteiger partial charge in [0.05, 0.1) is 6.42 Å². The van der Waals surface area contributed by atoms with E-state index in [2.05, 4.69) is 15.9 Å². The lowest BCUT2D eigenvalue weighted by Gasteiger charge is -2.20. The molecule has 1 fully saturated rings. The molecule has 1 aromatic carbocycles. The third kappa shape index (κ3) is 2.38. The zero-order valence-electron chi connectivity index (χ0n) is 8.50. The number of halogens is 2. The molecule has 84 valence electrons. The maximum Gasteiger partial charge on any atom is 0.140 e. The second-order valence-electron chi connectivity index (χ2n) is 4.03. The van der Waals surface area contributed by atoms with E-state index in [0.29, 0.717) is 10.0 Å². The minimum absolute atomic E-state index is 0.00858. The van der Waals surface area contributed by atoms with Gasteiger partial charge in [0.2, 0.25) is 0 Å². The molecule has 0 unspecified atom stereocenters. The highest BCUT2D eigenvalue weighted by atomic mass is 79.9. The van der Waals surface area contributed by atoms with Crippen LogP contribution >= 0.6 is 15.9 Å². The molecule has 1 aliphatic rings. The third-order valence-electron chi connectivity index (χ3n) is 2.74. The lowest BCUT2D eigenvalue weighted by molar-refractivity contribution is -0.130. The Labute approximate surface area is 101 Å². The minimum atomic E-state index is -0.359. The number of carbonyl (C=O) groups is 2. The summed E-state index contributed by atoms with van der Waals surface area (Å²) in [5.74, 6) is -0.837. The van der Waals surface area contributed by atoms with Crippen molar-refractivity contribution in [1.82, 2.24) is 0 Å². The second kappa shape index (κ2) is 4.45. The molecule has 1 saturated carbocycles. The summed E-state index contributed by atoms with van der Waals surface area (Å²) >= 11 is 3.17. The van der Waals surface area contributed by atoms with E-state index >= 15 is 0 Å². The number of rotatable bonds is 1. The first-order valence-electron chi connectivity index (χ1n) is 5.04. The van der Waals surface area contributed by atoms with Gasteiger partial charge in [-0.1, -0.05) is 22.0 Å². The topological polar surface area (TPSA) is 34.1 Å². The zero-order valence-corrected chi connectivity index (χ0v) is 10.1. The van der Waals surface area contributed by atoms with Gasteiger partial charge in [-0.25, -0.2) is 4.39 Å². The predicted molar refractivity (Wildman–Crippen MR) is 60.7 cm³/mol. The Morgan fingerprint density at radius 1 is 1.19 bits per heavy atom. The first kappa shape index (κ1) is 11.5. The van der Waals surface area contributed by atoms with Crippen LogP contribution in [0.2, 0.25) is 0 Å². The molecule has 0 bridgehead atoms. The van der Waals surface area contributed by atoms with E-state index in [4.69, 9.17) is 0 Å². The van der Waals surface area contributed by atoms with Crippen LogP contribution in [0.4, 0.5) is 4.39 Å². The van der Waals surface area contributed by atoms with Gasteiger partial charge in [-0.15, -0.1) is 0 Å². The van der Waals surface area contributed by atoms with Gasteiger partial charge in [0.1, 0.15) is 17.4 Å².